The second kappa shape index (κ2) is 8.18. The Kier molecular flexibility index (Phi) is 6.24. The van der Waals surface area contributed by atoms with E-state index in [1.165, 1.54) is 11.3 Å². The van der Waals surface area contributed by atoms with Crippen LogP contribution in [0.15, 0.2) is 12.1 Å². The molecular formula is C16H21NO3S. The van der Waals surface area contributed by atoms with Crippen LogP contribution in [-0.4, -0.2) is 46.8 Å². The van der Waals surface area contributed by atoms with E-state index in [4.69, 9.17) is 5.11 Å². The zero-order chi connectivity index (χ0) is 15.1. The highest BCUT2D eigenvalue weighted by atomic mass is 32.1. The van der Waals surface area contributed by atoms with E-state index in [-0.39, 0.29) is 25.2 Å². The Labute approximate surface area is 129 Å². The second-order valence-corrected chi connectivity index (χ2v) is 6.18. The summed E-state index contributed by atoms with van der Waals surface area (Å²) in [6.07, 6.45) is 4.81. The minimum Gasteiger partial charge on any atom is -0.395 e. The van der Waals surface area contributed by atoms with Crippen molar-refractivity contribution in [2.75, 3.05) is 19.8 Å². The van der Waals surface area contributed by atoms with Crippen molar-refractivity contribution in [3.8, 4) is 11.8 Å². The van der Waals surface area contributed by atoms with Gasteiger partial charge in [-0.25, -0.2) is 0 Å². The Hall–Kier alpha value is -1.35. The van der Waals surface area contributed by atoms with E-state index in [2.05, 4.69) is 11.8 Å². The Bertz CT molecular complexity index is 523. The molecular weight excluding hydrogens is 286 g/mol. The lowest BCUT2D eigenvalue weighted by Gasteiger charge is -2.27. The molecule has 1 aromatic heterocycles. The third kappa shape index (κ3) is 4.31. The first-order valence-electron chi connectivity index (χ1n) is 7.37. The van der Waals surface area contributed by atoms with E-state index in [0.717, 1.165) is 30.6 Å². The highest BCUT2D eigenvalue weighted by Gasteiger charge is 2.27. The summed E-state index contributed by atoms with van der Waals surface area (Å²) >= 11 is 1.38. The van der Waals surface area contributed by atoms with Crippen LogP contribution >= 0.6 is 11.3 Å². The molecule has 1 amide bonds. The van der Waals surface area contributed by atoms with E-state index in [0.29, 0.717) is 17.8 Å². The van der Waals surface area contributed by atoms with Gasteiger partial charge in [-0.2, -0.15) is 0 Å². The average molecular weight is 307 g/mol. The number of hydrogen-bond acceptors (Lipinski definition) is 4. The molecule has 0 bridgehead atoms. The molecule has 0 atom stereocenters. The first-order chi connectivity index (χ1) is 10.3. The third-order valence-electron chi connectivity index (χ3n) is 3.63. The van der Waals surface area contributed by atoms with Crippen molar-refractivity contribution in [1.82, 2.24) is 4.90 Å². The summed E-state index contributed by atoms with van der Waals surface area (Å²) in [4.78, 5) is 15.9. The van der Waals surface area contributed by atoms with Gasteiger partial charge in [0.2, 0.25) is 0 Å². The summed E-state index contributed by atoms with van der Waals surface area (Å²) in [6.45, 7) is 0.444. The SMILES string of the molecule is O=C(c1ccc(C#CCCO)s1)N(CCO)C1CCCC1. The first kappa shape index (κ1) is 16.0. The van der Waals surface area contributed by atoms with E-state index in [9.17, 15) is 9.90 Å². The summed E-state index contributed by atoms with van der Waals surface area (Å²) in [5, 5.41) is 17.9. The molecule has 1 aromatic rings. The molecule has 0 saturated heterocycles. The number of aliphatic hydroxyl groups is 2. The average Bonchev–Trinajstić information content (AvgIpc) is 3.16. The van der Waals surface area contributed by atoms with Crippen LogP contribution in [0.25, 0.3) is 0 Å². The Morgan fingerprint density at radius 3 is 2.71 bits per heavy atom. The molecule has 2 rings (SSSR count). The lowest BCUT2D eigenvalue weighted by molar-refractivity contribution is 0.0643. The zero-order valence-corrected chi connectivity index (χ0v) is 12.9. The van der Waals surface area contributed by atoms with Crippen molar-refractivity contribution >= 4 is 17.2 Å². The Morgan fingerprint density at radius 1 is 1.29 bits per heavy atom. The second-order valence-electron chi connectivity index (χ2n) is 5.10. The summed E-state index contributed by atoms with van der Waals surface area (Å²) in [5.74, 6) is 5.80. The summed E-state index contributed by atoms with van der Waals surface area (Å²) in [5.41, 5.74) is 0. The van der Waals surface area contributed by atoms with Crippen LogP contribution in [0.4, 0.5) is 0 Å². The minimum absolute atomic E-state index is 0.00320. The van der Waals surface area contributed by atoms with Gasteiger partial charge < -0.3 is 15.1 Å². The smallest absolute Gasteiger partial charge is 0.264 e. The van der Waals surface area contributed by atoms with Crippen LogP contribution in [0.3, 0.4) is 0 Å². The van der Waals surface area contributed by atoms with Gasteiger partial charge in [0.15, 0.2) is 0 Å². The predicted molar refractivity (Wildman–Crippen MR) is 83.3 cm³/mol. The molecule has 1 aliphatic rings. The molecule has 0 unspecified atom stereocenters. The molecule has 0 radical (unpaired) electrons. The molecule has 114 valence electrons. The maximum atomic E-state index is 12.6. The van der Waals surface area contributed by atoms with Gasteiger partial charge >= 0.3 is 0 Å². The molecule has 1 heterocycles. The number of nitrogens with zero attached hydrogens (tertiary/aromatic N) is 1. The molecule has 4 nitrogen and oxygen atoms in total. The van der Waals surface area contributed by atoms with E-state index in [1.54, 1.807) is 6.07 Å². The highest BCUT2D eigenvalue weighted by Crippen LogP contribution is 2.26. The minimum atomic E-state index is -0.00356. The van der Waals surface area contributed by atoms with Crippen LogP contribution in [0.1, 0.15) is 46.7 Å². The lowest BCUT2D eigenvalue weighted by Crippen LogP contribution is -2.40. The van der Waals surface area contributed by atoms with Gasteiger partial charge in [-0.15, -0.1) is 11.3 Å². The standard InChI is InChI=1S/C16H21NO3S/c18-11-4-3-7-14-8-9-15(21-14)16(20)17(10-12-19)13-5-1-2-6-13/h8-9,13,18-19H,1-2,4-6,10-12H2. The van der Waals surface area contributed by atoms with Crippen LogP contribution in [-0.2, 0) is 0 Å². The molecule has 1 fully saturated rings. The topological polar surface area (TPSA) is 60.8 Å². The zero-order valence-electron chi connectivity index (χ0n) is 12.0. The lowest BCUT2D eigenvalue weighted by atomic mass is 10.2. The number of hydrogen-bond donors (Lipinski definition) is 2. The predicted octanol–water partition coefficient (Wildman–Crippen LogP) is 1.86. The third-order valence-corrected chi connectivity index (χ3v) is 4.62. The van der Waals surface area contributed by atoms with Crippen LogP contribution in [0.5, 0.6) is 0 Å². The number of carbonyl (C=O) groups excluding carboxylic acids is 1. The van der Waals surface area contributed by atoms with Gasteiger partial charge in [-0.3, -0.25) is 4.79 Å². The Morgan fingerprint density at radius 2 is 2.05 bits per heavy atom. The number of amides is 1. The maximum absolute atomic E-state index is 12.6. The van der Waals surface area contributed by atoms with Crippen LogP contribution in [0.2, 0.25) is 0 Å². The number of thiophene rings is 1. The fourth-order valence-electron chi connectivity index (χ4n) is 2.64. The van der Waals surface area contributed by atoms with E-state index in [1.807, 2.05) is 11.0 Å². The van der Waals surface area contributed by atoms with E-state index >= 15 is 0 Å². The molecule has 2 N–H and O–H groups in total. The summed E-state index contributed by atoms with van der Waals surface area (Å²) < 4.78 is 0. The largest absolute Gasteiger partial charge is 0.395 e. The molecule has 5 heteroatoms. The summed E-state index contributed by atoms with van der Waals surface area (Å²) in [6, 6.07) is 3.90. The Balaban J connectivity index is 2.08. The monoisotopic (exact) mass is 307 g/mol. The molecule has 1 aliphatic carbocycles. The summed E-state index contributed by atoms with van der Waals surface area (Å²) in [7, 11) is 0. The highest BCUT2D eigenvalue weighted by molar-refractivity contribution is 7.14. The van der Waals surface area contributed by atoms with Crippen molar-refractivity contribution in [2.24, 2.45) is 0 Å². The van der Waals surface area contributed by atoms with Gasteiger partial charge in [0.05, 0.1) is 23.0 Å². The van der Waals surface area contributed by atoms with Crippen molar-refractivity contribution in [3.63, 3.8) is 0 Å². The maximum Gasteiger partial charge on any atom is 0.264 e. The normalized spacial score (nSPS) is 14.8. The number of aliphatic hydroxyl groups excluding tert-OH is 2. The van der Waals surface area contributed by atoms with Crippen LogP contribution < -0.4 is 0 Å². The number of carbonyl (C=O) groups is 1. The fraction of sp³-hybridized carbons (Fsp3) is 0.562. The number of rotatable bonds is 5. The van der Waals surface area contributed by atoms with Crippen molar-refractivity contribution < 1.29 is 15.0 Å². The molecule has 1 saturated carbocycles. The molecule has 0 aliphatic heterocycles. The van der Waals surface area contributed by atoms with Crippen molar-refractivity contribution in [2.45, 2.75) is 38.1 Å². The molecule has 0 spiro atoms. The molecule has 21 heavy (non-hydrogen) atoms. The van der Waals surface area contributed by atoms with Gasteiger partial charge in [-0.05, 0) is 25.0 Å². The van der Waals surface area contributed by atoms with Gasteiger partial charge in [0.1, 0.15) is 0 Å². The van der Waals surface area contributed by atoms with Gasteiger partial charge in [0, 0.05) is 19.0 Å². The van der Waals surface area contributed by atoms with Crippen molar-refractivity contribution in [1.29, 1.82) is 0 Å². The van der Waals surface area contributed by atoms with Crippen molar-refractivity contribution in [3.05, 3.63) is 21.9 Å². The van der Waals surface area contributed by atoms with Gasteiger partial charge in [-0.1, -0.05) is 24.7 Å². The quantitative estimate of drug-likeness (QED) is 0.816. The fourth-order valence-corrected chi connectivity index (χ4v) is 3.48. The van der Waals surface area contributed by atoms with Crippen LogP contribution in [0, 0.1) is 11.8 Å². The first-order valence-corrected chi connectivity index (χ1v) is 8.19. The molecule has 0 aromatic carbocycles. The van der Waals surface area contributed by atoms with Gasteiger partial charge in [0.25, 0.3) is 5.91 Å². The van der Waals surface area contributed by atoms with E-state index < -0.39 is 0 Å².